The van der Waals surface area contributed by atoms with Gasteiger partial charge < -0.3 is 5.32 Å². The Morgan fingerprint density at radius 3 is 2.88 bits per heavy atom. The van der Waals surface area contributed by atoms with Crippen molar-refractivity contribution in [2.24, 2.45) is 0 Å². The number of hydrogen-bond donors (Lipinski definition) is 1. The lowest BCUT2D eigenvalue weighted by Crippen LogP contribution is -2.12. The highest BCUT2D eigenvalue weighted by molar-refractivity contribution is 14.1. The van der Waals surface area contributed by atoms with E-state index in [4.69, 9.17) is 0 Å². The molecule has 0 bridgehead atoms. The van der Waals surface area contributed by atoms with Gasteiger partial charge in [0, 0.05) is 9.85 Å². The Bertz CT molecular complexity index is 570. The van der Waals surface area contributed by atoms with Gasteiger partial charge >= 0.3 is 0 Å². The van der Waals surface area contributed by atoms with Gasteiger partial charge in [0.1, 0.15) is 5.82 Å². The lowest BCUT2D eigenvalue weighted by Gasteiger charge is -2.04. The van der Waals surface area contributed by atoms with Gasteiger partial charge in [0.05, 0.1) is 14.1 Å². The van der Waals surface area contributed by atoms with Crippen LogP contribution >= 0.6 is 49.9 Å². The maximum absolute atomic E-state index is 11.9. The smallest absolute Gasteiger partial charge is 0.257 e. The van der Waals surface area contributed by atoms with Crippen LogP contribution in [0.2, 0.25) is 0 Å². The van der Waals surface area contributed by atoms with Crippen molar-refractivity contribution in [3.8, 4) is 0 Å². The number of amides is 1. The molecule has 3 nitrogen and oxygen atoms in total. The molecule has 2 heterocycles. The maximum Gasteiger partial charge on any atom is 0.257 e. The fourth-order valence-electron chi connectivity index (χ4n) is 1.23. The van der Waals surface area contributed by atoms with E-state index in [0.29, 0.717) is 11.4 Å². The molecule has 0 spiro atoms. The standard InChI is InChI=1S/C11H8BrIN2OS/c1-6-8(12)2-3-10(14-6)15-11(16)7-4-9(13)17-5-7/h2-5H,1H3,(H,14,15,16). The third-order valence-electron chi connectivity index (χ3n) is 2.09. The monoisotopic (exact) mass is 422 g/mol. The second-order valence-corrected chi connectivity index (χ2v) is 7.02. The van der Waals surface area contributed by atoms with E-state index in [1.807, 2.05) is 24.4 Å². The highest BCUT2D eigenvalue weighted by Crippen LogP contribution is 2.19. The Balaban J connectivity index is 2.15. The predicted molar refractivity (Wildman–Crippen MR) is 81.7 cm³/mol. The molecule has 2 aromatic heterocycles. The molecular weight excluding hydrogens is 415 g/mol. The number of carbonyl (C=O) groups is 1. The first-order valence-electron chi connectivity index (χ1n) is 4.75. The van der Waals surface area contributed by atoms with Crippen LogP contribution in [0.5, 0.6) is 0 Å². The van der Waals surface area contributed by atoms with E-state index in [1.165, 1.54) is 0 Å². The van der Waals surface area contributed by atoms with E-state index in [9.17, 15) is 4.79 Å². The molecule has 0 radical (unpaired) electrons. The van der Waals surface area contributed by atoms with E-state index in [2.05, 4.69) is 48.8 Å². The summed E-state index contributed by atoms with van der Waals surface area (Å²) in [6.45, 7) is 1.88. The van der Waals surface area contributed by atoms with Gasteiger partial charge in [0.2, 0.25) is 0 Å². The Hall–Kier alpha value is -0.470. The summed E-state index contributed by atoms with van der Waals surface area (Å²) in [5.74, 6) is 0.440. The van der Waals surface area contributed by atoms with Crippen LogP contribution in [0.3, 0.4) is 0 Å². The van der Waals surface area contributed by atoms with E-state index in [0.717, 1.165) is 13.1 Å². The zero-order valence-electron chi connectivity index (χ0n) is 8.83. The van der Waals surface area contributed by atoms with Gasteiger partial charge in [-0.25, -0.2) is 4.98 Å². The minimum absolute atomic E-state index is 0.126. The quantitative estimate of drug-likeness (QED) is 0.741. The number of hydrogen-bond acceptors (Lipinski definition) is 3. The second-order valence-electron chi connectivity index (χ2n) is 3.36. The molecule has 1 N–H and O–H groups in total. The highest BCUT2D eigenvalue weighted by atomic mass is 127. The molecular formula is C11H8BrIN2OS. The zero-order valence-corrected chi connectivity index (χ0v) is 13.4. The summed E-state index contributed by atoms with van der Waals surface area (Å²) in [7, 11) is 0. The first-order chi connectivity index (χ1) is 8.06. The second kappa shape index (κ2) is 5.45. The molecule has 0 saturated heterocycles. The van der Waals surface area contributed by atoms with Crippen molar-refractivity contribution in [3.63, 3.8) is 0 Å². The maximum atomic E-state index is 11.9. The van der Waals surface area contributed by atoms with Crippen LogP contribution in [-0.2, 0) is 0 Å². The van der Waals surface area contributed by atoms with Gasteiger partial charge in [-0.15, -0.1) is 11.3 Å². The Labute approximate surface area is 125 Å². The van der Waals surface area contributed by atoms with Gasteiger partial charge in [0.15, 0.2) is 0 Å². The van der Waals surface area contributed by atoms with E-state index in [1.54, 1.807) is 17.4 Å². The van der Waals surface area contributed by atoms with Crippen molar-refractivity contribution < 1.29 is 4.79 Å². The third kappa shape index (κ3) is 3.26. The van der Waals surface area contributed by atoms with Crippen LogP contribution < -0.4 is 5.32 Å². The SMILES string of the molecule is Cc1nc(NC(=O)c2csc(I)c2)ccc1Br. The third-order valence-corrected chi connectivity index (χ3v) is 4.72. The fraction of sp³-hybridized carbons (Fsp3) is 0.0909. The number of nitrogens with zero attached hydrogens (tertiary/aromatic N) is 1. The van der Waals surface area contributed by atoms with Crippen molar-refractivity contribution in [2.45, 2.75) is 6.92 Å². The number of nitrogens with one attached hydrogen (secondary N) is 1. The highest BCUT2D eigenvalue weighted by Gasteiger charge is 2.09. The molecule has 6 heteroatoms. The summed E-state index contributed by atoms with van der Waals surface area (Å²) in [6.07, 6.45) is 0. The summed E-state index contributed by atoms with van der Waals surface area (Å²) in [5.41, 5.74) is 1.52. The number of halogens is 2. The molecule has 2 aromatic rings. The molecule has 0 atom stereocenters. The van der Waals surface area contributed by atoms with Crippen LogP contribution in [0.4, 0.5) is 5.82 Å². The normalized spacial score (nSPS) is 10.3. The van der Waals surface area contributed by atoms with Crippen LogP contribution in [0.25, 0.3) is 0 Å². The van der Waals surface area contributed by atoms with Crippen LogP contribution in [0.1, 0.15) is 16.1 Å². The molecule has 0 unspecified atom stereocenters. The Morgan fingerprint density at radius 2 is 2.29 bits per heavy atom. The average Bonchev–Trinajstić information content (AvgIpc) is 2.70. The van der Waals surface area contributed by atoms with Crippen molar-refractivity contribution in [1.29, 1.82) is 0 Å². The zero-order chi connectivity index (χ0) is 12.4. The molecule has 0 fully saturated rings. The van der Waals surface area contributed by atoms with Crippen LogP contribution in [0.15, 0.2) is 28.1 Å². The van der Waals surface area contributed by atoms with Gasteiger partial charge in [-0.2, -0.15) is 0 Å². The van der Waals surface area contributed by atoms with Crippen molar-refractivity contribution in [1.82, 2.24) is 4.98 Å². The number of anilines is 1. The lowest BCUT2D eigenvalue weighted by atomic mass is 10.3. The Kier molecular flexibility index (Phi) is 4.16. The minimum atomic E-state index is -0.126. The first-order valence-corrected chi connectivity index (χ1v) is 7.50. The number of rotatable bonds is 2. The van der Waals surface area contributed by atoms with Crippen LogP contribution in [0, 0.1) is 9.81 Å². The largest absolute Gasteiger partial charge is 0.307 e. The number of aromatic nitrogens is 1. The summed E-state index contributed by atoms with van der Waals surface area (Å²) in [4.78, 5) is 16.1. The fourth-order valence-corrected chi connectivity index (χ4v) is 2.78. The molecule has 0 aromatic carbocycles. The molecule has 17 heavy (non-hydrogen) atoms. The molecule has 0 aliphatic heterocycles. The number of carbonyl (C=O) groups excluding carboxylic acids is 1. The van der Waals surface area contributed by atoms with Crippen molar-refractivity contribution in [2.75, 3.05) is 5.32 Å². The number of pyridine rings is 1. The molecule has 0 aliphatic rings. The topological polar surface area (TPSA) is 42.0 Å². The van der Waals surface area contributed by atoms with Gasteiger partial charge in [-0.05, 0) is 63.6 Å². The summed E-state index contributed by atoms with van der Waals surface area (Å²) >= 11 is 7.11. The van der Waals surface area contributed by atoms with Gasteiger partial charge in [-0.1, -0.05) is 0 Å². The molecule has 1 amide bonds. The average molecular weight is 423 g/mol. The van der Waals surface area contributed by atoms with Crippen molar-refractivity contribution in [3.05, 3.63) is 42.2 Å². The van der Waals surface area contributed by atoms with E-state index >= 15 is 0 Å². The molecule has 0 saturated carbocycles. The first kappa shape index (κ1) is 13.0. The molecule has 88 valence electrons. The number of aryl methyl sites for hydroxylation is 1. The number of thiophene rings is 1. The van der Waals surface area contributed by atoms with Gasteiger partial charge in [0.25, 0.3) is 5.91 Å². The minimum Gasteiger partial charge on any atom is -0.307 e. The van der Waals surface area contributed by atoms with Crippen LogP contribution in [-0.4, -0.2) is 10.9 Å². The summed E-state index contributed by atoms with van der Waals surface area (Å²) in [6, 6.07) is 5.49. The lowest BCUT2D eigenvalue weighted by molar-refractivity contribution is 0.102. The van der Waals surface area contributed by atoms with E-state index in [-0.39, 0.29) is 5.91 Å². The Morgan fingerprint density at radius 1 is 1.53 bits per heavy atom. The van der Waals surface area contributed by atoms with E-state index < -0.39 is 0 Å². The molecule has 2 rings (SSSR count). The summed E-state index contributed by atoms with van der Waals surface area (Å²) < 4.78 is 2.02. The summed E-state index contributed by atoms with van der Waals surface area (Å²) in [5, 5.41) is 4.61. The van der Waals surface area contributed by atoms with Crippen molar-refractivity contribution >= 4 is 61.6 Å². The predicted octanol–water partition coefficient (Wildman–Crippen LogP) is 4.07. The van der Waals surface area contributed by atoms with Gasteiger partial charge in [-0.3, -0.25) is 4.79 Å². The molecule has 0 aliphatic carbocycles.